The molecule has 1 amide bonds. The number of fused-ring (bicyclic) bond motifs is 1. The number of nitrogens with zero attached hydrogens (tertiary/aromatic N) is 1. The Morgan fingerprint density at radius 1 is 1.17 bits per heavy atom. The summed E-state index contributed by atoms with van der Waals surface area (Å²) in [5.74, 6) is -0.0869. The lowest BCUT2D eigenvalue weighted by atomic mass is 9.89. The fourth-order valence-corrected chi connectivity index (χ4v) is 3.18. The third kappa shape index (κ3) is 3.91. The number of Topliss-reactive ketones (excluding diaryl/α,β-unsaturated/α-hetero) is 1. The molecule has 2 aromatic rings. The Labute approximate surface area is 141 Å². The van der Waals surface area contributed by atoms with Crippen LogP contribution in [0.1, 0.15) is 65.8 Å². The normalized spacial score (nSPS) is 14.7. The standard InChI is InChI=1S/C19H23N3O2/c1-13(17-10-11-20-22-17)21-19(24)9-8-18(23)16-7-6-14-4-2-3-5-15(14)12-16/h6-7,10-13H,2-5,8-9H2,1H3,(H,20,22)(H,21,24). The van der Waals surface area contributed by atoms with E-state index in [1.165, 1.54) is 24.0 Å². The maximum absolute atomic E-state index is 12.4. The monoisotopic (exact) mass is 325 g/mol. The SMILES string of the molecule is CC(NC(=O)CCC(=O)c1ccc2c(c1)CCCC2)c1ccn[nH]1. The van der Waals surface area contributed by atoms with Crippen molar-refractivity contribution in [3.63, 3.8) is 0 Å². The second-order valence-corrected chi connectivity index (χ2v) is 6.41. The van der Waals surface area contributed by atoms with Crippen LogP contribution in [-0.4, -0.2) is 21.9 Å². The second kappa shape index (κ2) is 7.43. The summed E-state index contributed by atoms with van der Waals surface area (Å²) in [6.45, 7) is 1.89. The van der Waals surface area contributed by atoms with Crippen molar-refractivity contribution in [1.29, 1.82) is 0 Å². The third-order valence-corrected chi connectivity index (χ3v) is 4.62. The molecule has 1 atom stereocenters. The fourth-order valence-electron chi connectivity index (χ4n) is 3.18. The van der Waals surface area contributed by atoms with Crippen molar-refractivity contribution in [2.45, 2.75) is 51.5 Å². The highest BCUT2D eigenvalue weighted by Gasteiger charge is 2.15. The molecule has 126 valence electrons. The smallest absolute Gasteiger partial charge is 0.220 e. The largest absolute Gasteiger partial charge is 0.348 e. The van der Waals surface area contributed by atoms with Gasteiger partial charge in [0, 0.05) is 24.6 Å². The van der Waals surface area contributed by atoms with E-state index in [2.05, 4.69) is 21.6 Å². The van der Waals surface area contributed by atoms with Crippen molar-refractivity contribution in [3.05, 3.63) is 52.8 Å². The number of carbonyl (C=O) groups is 2. The molecule has 1 aromatic carbocycles. The molecule has 24 heavy (non-hydrogen) atoms. The van der Waals surface area contributed by atoms with E-state index >= 15 is 0 Å². The molecule has 0 saturated carbocycles. The van der Waals surface area contributed by atoms with Crippen LogP contribution in [0.25, 0.3) is 0 Å². The average molecular weight is 325 g/mol. The number of amides is 1. The van der Waals surface area contributed by atoms with Crippen LogP contribution in [0.5, 0.6) is 0 Å². The molecule has 1 aromatic heterocycles. The summed E-state index contributed by atoms with van der Waals surface area (Å²) >= 11 is 0. The Morgan fingerprint density at radius 3 is 2.71 bits per heavy atom. The van der Waals surface area contributed by atoms with Crippen LogP contribution >= 0.6 is 0 Å². The minimum Gasteiger partial charge on any atom is -0.348 e. The van der Waals surface area contributed by atoms with Gasteiger partial charge in [-0.1, -0.05) is 12.1 Å². The van der Waals surface area contributed by atoms with Crippen LogP contribution < -0.4 is 5.32 Å². The van der Waals surface area contributed by atoms with Crippen LogP contribution in [-0.2, 0) is 17.6 Å². The molecule has 5 heteroatoms. The van der Waals surface area contributed by atoms with Crippen molar-refractivity contribution in [2.75, 3.05) is 0 Å². The highest BCUT2D eigenvalue weighted by molar-refractivity contribution is 5.98. The molecule has 0 bridgehead atoms. The van der Waals surface area contributed by atoms with Gasteiger partial charge in [-0.2, -0.15) is 5.10 Å². The van der Waals surface area contributed by atoms with E-state index in [4.69, 9.17) is 0 Å². The zero-order valence-electron chi connectivity index (χ0n) is 14.0. The number of rotatable bonds is 6. The van der Waals surface area contributed by atoms with Gasteiger partial charge >= 0.3 is 0 Å². The van der Waals surface area contributed by atoms with E-state index in [1.807, 2.05) is 25.1 Å². The predicted molar refractivity (Wildman–Crippen MR) is 91.8 cm³/mol. The quantitative estimate of drug-likeness (QED) is 0.801. The highest BCUT2D eigenvalue weighted by atomic mass is 16.2. The first kappa shape index (κ1) is 16.4. The van der Waals surface area contributed by atoms with E-state index < -0.39 is 0 Å². The molecule has 0 aliphatic heterocycles. The number of benzene rings is 1. The number of nitrogens with one attached hydrogen (secondary N) is 2. The number of hydrogen-bond donors (Lipinski definition) is 2. The van der Waals surface area contributed by atoms with Gasteiger partial charge in [-0.25, -0.2) is 0 Å². The zero-order chi connectivity index (χ0) is 16.9. The van der Waals surface area contributed by atoms with Gasteiger partial charge in [-0.3, -0.25) is 14.7 Å². The van der Waals surface area contributed by atoms with Crippen molar-refractivity contribution in [1.82, 2.24) is 15.5 Å². The van der Waals surface area contributed by atoms with Crippen molar-refractivity contribution < 1.29 is 9.59 Å². The summed E-state index contributed by atoms with van der Waals surface area (Å²) in [5.41, 5.74) is 4.24. The number of hydrogen-bond acceptors (Lipinski definition) is 3. The lowest BCUT2D eigenvalue weighted by Crippen LogP contribution is -2.27. The Kier molecular flexibility index (Phi) is 5.08. The molecule has 0 spiro atoms. The van der Waals surface area contributed by atoms with Crippen LogP contribution in [0.15, 0.2) is 30.5 Å². The third-order valence-electron chi connectivity index (χ3n) is 4.62. The van der Waals surface area contributed by atoms with Gasteiger partial charge in [0.1, 0.15) is 0 Å². The molecule has 3 rings (SSSR count). The Bertz CT molecular complexity index is 722. The molecular formula is C19H23N3O2. The van der Waals surface area contributed by atoms with E-state index in [-0.39, 0.29) is 30.6 Å². The van der Waals surface area contributed by atoms with Crippen molar-refractivity contribution >= 4 is 11.7 Å². The molecule has 1 aliphatic carbocycles. The van der Waals surface area contributed by atoms with Crippen molar-refractivity contribution in [2.24, 2.45) is 0 Å². The molecule has 0 fully saturated rings. The first-order chi connectivity index (χ1) is 11.6. The Balaban J connectivity index is 1.52. The van der Waals surface area contributed by atoms with Gasteiger partial charge in [0.25, 0.3) is 0 Å². The minimum atomic E-state index is -0.140. The molecular weight excluding hydrogens is 302 g/mol. The summed E-state index contributed by atoms with van der Waals surface area (Å²) < 4.78 is 0. The zero-order valence-corrected chi connectivity index (χ0v) is 14.0. The topological polar surface area (TPSA) is 74.8 Å². The fraction of sp³-hybridized carbons (Fsp3) is 0.421. The molecule has 1 heterocycles. The number of aryl methyl sites for hydroxylation is 2. The molecule has 0 radical (unpaired) electrons. The molecule has 1 aliphatic rings. The first-order valence-corrected chi connectivity index (χ1v) is 8.57. The second-order valence-electron chi connectivity index (χ2n) is 6.41. The number of aromatic nitrogens is 2. The van der Waals surface area contributed by atoms with Gasteiger partial charge in [0.15, 0.2) is 5.78 Å². The van der Waals surface area contributed by atoms with Gasteiger partial charge in [0.05, 0.1) is 11.7 Å². The molecule has 0 saturated heterocycles. The molecule has 2 N–H and O–H groups in total. The minimum absolute atomic E-state index is 0.0349. The number of carbonyl (C=O) groups excluding carboxylic acids is 2. The maximum atomic E-state index is 12.4. The van der Waals surface area contributed by atoms with E-state index in [0.717, 1.165) is 24.1 Å². The lowest BCUT2D eigenvalue weighted by molar-refractivity contribution is -0.121. The lowest BCUT2D eigenvalue weighted by Gasteiger charge is -2.16. The maximum Gasteiger partial charge on any atom is 0.220 e. The Morgan fingerprint density at radius 2 is 1.96 bits per heavy atom. The van der Waals surface area contributed by atoms with Crippen LogP contribution in [0, 0.1) is 0 Å². The van der Waals surface area contributed by atoms with Gasteiger partial charge in [0.2, 0.25) is 5.91 Å². The van der Waals surface area contributed by atoms with Crippen LogP contribution in [0.4, 0.5) is 0 Å². The van der Waals surface area contributed by atoms with Crippen LogP contribution in [0.3, 0.4) is 0 Å². The van der Waals surface area contributed by atoms with Crippen LogP contribution in [0.2, 0.25) is 0 Å². The number of aromatic amines is 1. The summed E-state index contributed by atoms with van der Waals surface area (Å²) in [5, 5.41) is 9.58. The number of H-pyrrole nitrogens is 1. The van der Waals surface area contributed by atoms with Gasteiger partial charge in [-0.05, 0) is 55.9 Å². The van der Waals surface area contributed by atoms with E-state index in [9.17, 15) is 9.59 Å². The van der Waals surface area contributed by atoms with Crippen molar-refractivity contribution in [3.8, 4) is 0 Å². The highest BCUT2D eigenvalue weighted by Crippen LogP contribution is 2.23. The summed E-state index contributed by atoms with van der Waals surface area (Å²) in [4.78, 5) is 24.4. The van der Waals surface area contributed by atoms with Gasteiger partial charge < -0.3 is 5.32 Å². The summed E-state index contributed by atoms with van der Waals surface area (Å²) in [6.07, 6.45) is 6.68. The Hall–Kier alpha value is -2.43. The predicted octanol–water partition coefficient (Wildman–Crippen LogP) is 3.13. The van der Waals surface area contributed by atoms with E-state index in [0.29, 0.717) is 0 Å². The van der Waals surface area contributed by atoms with Gasteiger partial charge in [-0.15, -0.1) is 0 Å². The first-order valence-electron chi connectivity index (χ1n) is 8.57. The summed E-state index contributed by atoms with van der Waals surface area (Å²) in [6, 6.07) is 7.67. The molecule has 1 unspecified atom stereocenters. The number of ketones is 1. The van der Waals surface area contributed by atoms with E-state index in [1.54, 1.807) is 6.20 Å². The summed E-state index contributed by atoms with van der Waals surface area (Å²) in [7, 11) is 0. The average Bonchev–Trinajstić information content (AvgIpc) is 3.14. The molecule has 5 nitrogen and oxygen atoms in total.